The molecule has 116 valence electrons. The number of carboxylic acid groups (broad SMARTS) is 1. The van der Waals surface area contributed by atoms with Gasteiger partial charge in [0.1, 0.15) is 5.82 Å². The second kappa shape index (κ2) is 8.89. The van der Waals surface area contributed by atoms with Gasteiger partial charge in [-0.2, -0.15) is 0 Å². The van der Waals surface area contributed by atoms with Crippen LogP contribution in [-0.4, -0.2) is 40.7 Å². The zero-order chi connectivity index (χ0) is 15.7. The van der Waals surface area contributed by atoms with Crippen molar-refractivity contribution in [2.24, 2.45) is 5.92 Å². The second-order valence-electron chi connectivity index (χ2n) is 4.70. The van der Waals surface area contributed by atoms with Crippen LogP contribution >= 0.6 is 0 Å². The Morgan fingerprint density at radius 2 is 2.14 bits per heavy atom. The fourth-order valence-electron chi connectivity index (χ4n) is 1.94. The third kappa shape index (κ3) is 6.20. The maximum Gasteiger partial charge on any atom is 0.358 e. The number of aliphatic carboxylic acids is 1. The predicted octanol–water partition coefficient (Wildman–Crippen LogP) is 1.96. The van der Waals surface area contributed by atoms with Crippen LogP contribution in [0.2, 0.25) is 0 Å². The third-order valence-electron chi connectivity index (χ3n) is 3.23. The fraction of sp³-hybridized carbons (Fsp3) is 0.571. The summed E-state index contributed by atoms with van der Waals surface area (Å²) in [6.07, 6.45) is 5.51. The number of rotatable bonds is 9. The lowest BCUT2D eigenvalue weighted by Crippen LogP contribution is -2.13. The summed E-state index contributed by atoms with van der Waals surface area (Å²) in [6, 6.07) is 0. The maximum absolute atomic E-state index is 11.3. The number of hydrogen-bond acceptors (Lipinski definition) is 6. The topological polar surface area (TPSA) is 101 Å². The molecule has 7 heteroatoms. The molecule has 21 heavy (non-hydrogen) atoms. The number of carboxylic acids is 1. The molecule has 0 aliphatic carbocycles. The molecule has 1 aromatic rings. The molecule has 1 aromatic heterocycles. The van der Waals surface area contributed by atoms with Crippen molar-refractivity contribution >= 4 is 17.8 Å². The van der Waals surface area contributed by atoms with Gasteiger partial charge in [-0.05, 0) is 18.8 Å². The summed E-state index contributed by atoms with van der Waals surface area (Å²) in [4.78, 5) is 29.9. The van der Waals surface area contributed by atoms with Crippen molar-refractivity contribution in [1.82, 2.24) is 9.97 Å². The summed E-state index contributed by atoms with van der Waals surface area (Å²) >= 11 is 0. The van der Waals surface area contributed by atoms with E-state index in [1.165, 1.54) is 19.5 Å². The van der Waals surface area contributed by atoms with E-state index in [0.717, 1.165) is 12.8 Å². The molecule has 7 nitrogen and oxygen atoms in total. The van der Waals surface area contributed by atoms with Crippen LogP contribution in [-0.2, 0) is 9.53 Å². The van der Waals surface area contributed by atoms with Gasteiger partial charge < -0.3 is 15.2 Å². The maximum atomic E-state index is 11.3. The van der Waals surface area contributed by atoms with E-state index in [-0.39, 0.29) is 12.1 Å². The van der Waals surface area contributed by atoms with Crippen LogP contribution < -0.4 is 5.32 Å². The van der Waals surface area contributed by atoms with Crippen LogP contribution in [0, 0.1) is 5.92 Å². The normalized spacial score (nSPS) is 11.7. The van der Waals surface area contributed by atoms with Crippen LogP contribution in [0.25, 0.3) is 0 Å². The number of nitrogens with one attached hydrogen (secondary N) is 1. The summed E-state index contributed by atoms with van der Waals surface area (Å²) < 4.78 is 4.58. The Bertz CT molecular complexity index is 479. The van der Waals surface area contributed by atoms with E-state index in [2.05, 4.69) is 20.0 Å². The van der Waals surface area contributed by atoms with Crippen molar-refractivity contribution in [3.63, 3.8) is 0 Å². The molecule has 0 spiro atoms. The second-order valence-corrected chi connectivity index (χ2v) is 4.70. The monoisotopic (exact) mass is 295 g/mol. The van der Waals surface area contributed by atoms with Crippen molar-refractivity contribution in [1.29, 1.82) is 0 Å². The Morgan fingerprint density at radius 3 is 2.76 bits per heavy atom. The molecule has 1 atom stereocenters. The molecular formula is C14H21N3O4. The highest BCUT2D eigenvalue weighted by atomic mass is 16.5. The smallest absolute Gasteiger partial charge is 0.358 e. The van der Waals surface area contributed by atoms with Crippen molar-refractivity contribution in [3.05, 3.63) is 18.1 Å². The van der Waals surface area contributed by atoms with Gasteiger partial charge in [0.2, 0.25) is 0 Å². The molecule has 0 amide bonds. The Kier molecular flexibility index (Phi) is 7.14. The van der Waals surface area contributed by atoms with Crippen LogP contribution in [0.3, 0.4) is 0 Å². The van der Waals surface area contributed by atoms with Gasteiger partial charge in [0.15, 0.2) is 5.69 Å². The molecule has 0 radical (unpaired) electrons. The van der Waals surface area contributed by atoms with Gasteiger partial charge >= 0.3 is 11.9 Å². The van der Waals surface area contributed by atoms with E-state index in [9.17, 15) is 9.59 Å². The molecule has 1 rings (SSSR count). The number of aromatic nitrogens is 2. The zero-order valence-electron chi connectivity index (χ0n) is 12.3. The number of anilines is 1. The highest BCUT2D eigenvalue weighted by molar-refractivity contribution is 5.87. The SMILES string of the molecule is CCC(CCNc1cncc(C(=O)OC)n1)CCC(=O)O. The highest BCUT2D eigenvalue weighted by Gasteiger charge is 2.10. The standard InChI is InChI=1S/C14H21N3O4/c1-3-10(4-5-13(18)19)6-7-16-12-9-15-8-11(17-12)14(20)21-2/h8-10H,3-7H2,1-2H3,(H,16,17)(H,18,19). The lowest BCUT2D eigenvalue weighted by atomic mass is 9.97. The summed E-state index contributed by atoms with van der Waals surface area (Å²) in [7, 11) is 1.29. The molecule has 0 aliphatic rings. The minimum Gasteiger partial charge on any atom is -0.481 e. The Balaban J connectivity index is 2.44. The fourth-order valence-corrected chi connectivity index (χ4v) is 1.94. The predicted molar refractivity (Wildman–Crippen MR) is 77.1 cm³/mol. The first-order chi connectivity index (χ1) is 10.1. The van der Waals surface area contributed by atoms with E-state index in [1.54, 1.807) is 0 Å². The minimum absolute atomic E-state index is 0.153. The number of methoxy groups -OCH3 is 1. The molecule has 0 aliphatic heterocycles. The number of carbonyl (C=O) groups is 2. The Morgan fingerprint density at radius 1 is 1.38 bits per heavy atom. The van der Waals surface area contributed by atoms with Gasteiger partial charge in [0.25, 0.3) is 0 Å². The number of hydrogen-bond donors (Lipinski definition) is 2. The van der Waals surface area contributed by atoms with Gasteiger partial charge in [0.05, 0.1) is 19.5 Å². The first kappa shape index (κ1) is 16.9. The van der Waals surface area contributed by atoms with Crippen LogP contribution in [0.1, 0.15) is 43.1 Å². The van der Waals surface area contributed by atoms with E-state index >= 15 is 0 Å². The van der Waals surface area contributed by atoms with Gasteiger partial charge in [-0.15, -0.1) is 0 Å². The first-order valence-corrected chi connectivity index (χ1v) is 6.92. The number of esters is 1. The summed E-state index contributed by atoms with van der Waals surface area (Å²) in [5.74, 6) is -0.437. The zero-order valence-corrected chi connectivity index (χ0v) is 12.3. The minimum atomic E-state index is -0.766. The lowest BCUT2D eigenvalue weighted by Gasteiger charge is -2.14. The van der Waals surface area contributed by atoms with Gasteiger partial charge in [0, 0.05) is 13.0 Å². The molecule has 0 aromatic carbocycles. The van der Waals surface area contributed by atoms with Crippen molar-refractivity contribution < 1.29 is 19.4 Å². The highest BCUT2D eigenvalue weighted by Crippen LogP contribution is 2.15. The van der Waals surface area contributed by atoms with Gasteiger partial charge in [-0.25, -0.2) is 9.78 Å². The molecule has 1 heterocycles. The first-order valence-electron chi connectivity index (χ1n) is 6.92. The summed E-state index contributed by atoms with van der Waals surface area (Å²) in [5, 5.41) is 11.8. The average molecular weight is 295 g/mol. The average Bonchev–Trinajstić information content (AvgIpc) is 2.49. The van der Waals surface area contributed by atoms with Crippen molar-refractivity contribution in [2.75, 3.05) is 19.0 Å². The molecule has 0 fully saturated rings. The van der Waals surface area contributed by atoms with Crippen LogP contribution in [0.15, 0.2) is 12.4 Å². The number of nitrogens with zero attached hydrogens (tertiary/aromatic N) is 2. The third-order valence-corrected chi connectivity index (χ3v) is 3.23. The number of carbonyl (C=O) groups excluding carboxylic acids is 1. The molecule has 1 unspecified atom stereocenters. The molecular weight excluding hydrogens is 274 g/mol. The van der Waals surface area contributed by atoms with E-state index in [1.807, 2.05) is 6.92 Å². The van der Waals surface area contributed by atoms with Crippen LogP contribution in [0.4, 0.5) is 5.82 Å². The quantitative estimate of drug-likeness (QED) is 0.671. The summed E-state index contributed by atoms with van der Waals surface area (Å²) in [5.41, 5.74) is 0.153. The molecule has 2 N–H and O–H groups in total. The lowest BCUT2D eigenvalue weighted by molar-refractivity contribution is -0.137. The Hall–Kier alpha value is -2.18. The van der Waals surface area contributed by atoms with E-state index in [0.29, 0.717) is 24.7 Å². The Labute approximate surface area is 123 Å². The summed E-state index contributed by atoms with van der Waals surface area (Å²) in [6.45, 7) is 2.70. The largest absolute Gasteiger partial charge is 0.481 e. The molecule has 0 saturated heterocycles. The van der Waals surface area contributed by atoms with Crippen LogP contribution in [0.5, 0.6) is 0 Å². The van der Waals surface area contributed by atoms with Crippen molar-refractivity contribution in [2.45, 2.75) is 32.6 Å². The van der Waals surface area contributed by atoms with Gasteiger partial charge in [-0.3, -0.25) is 9.78 Å². The van der Waals surface area contributed by atoms with E-state index < -0.39 is 11.9 Å². The van der Waals surface area contributed by atoms with Gasteiger partial charge in [-0.1, -0.05) is 13.3 Å². The molecule has 0 saturated carbocycles. The number of ether oxygens (including phenoxy) is 1. The van der Waals surface area contributed by atoms with Crippen molar-refractivity contribution in [3.8, 4) is 0 Å². The van der Waals surface area contributed by atoms with E-state index in [4.69, 9.17) is 5.11 Å². The molecule has 0 bridgehead atoms.